The van der Waals surface area contributed by atoms with Crippen molar-refractivity contribution >= 4 is 11.9 Å². The Labute approximate surface area is 111 Å². The lowest BCUT2D eigenvalue weighted by Gasteiger charge is -2.07. The molecule has 0 aromatic heterocycles. The Bertz CT molecular complexity index is 433. The van der Waals surface area contributed by atoms with Gasteiger partial charge in [-0.05, 0) is 24.6 Å². The van der Waals surface area contributed by atoms with Crippen LogP contribution in [0.5, 0.6) is 5.75 Å². The molecule has 0 aliphatic rings. The number of rotatable bonds is 8. The number of ether oxygens (including phenoxy) is 2. The summed E-state index contributed by atoms with van der Waals surface area (Å²) >= 11 is 0. The molecule has 1 aromatic carbocycles. The summed E-state index contributed by atoms with van der Waals surface area (Å²) in [6.07, 6.45) is 0. The fourth-order valence-electron chi connectivity index (χ4n) is 1.33. The van der Waals surface area contributed by atoms with Crippen molar-refractivity contribution in [3.05, 3.63) is 29.8 Å². The molecule has 0 heterocycles. The second-order valence-electron chi connectivity index (χ2n) is 3.90. The molecular formula is C13H17NO5. The van der Waals surface area contributed by atoms with Crippen LogP contribution in [0.4, 0.5) is 0 Å². The van der Waals surface area contributed by atoms with Crippen molar-refractivity contribution in [2.75, 3.05) is 26.4 Å². The van der Waals surface area contributed by atoms with Crippen molar-refractivity contribution in [2.45, 2.75) is 6.92 Å². The van der Waals surface area contributed by atoms with Crippen molar-refractivity contribution in [3.8, 4) is 5.75 Å². The second kappa shape index (κ2) is 8.10. The second-order valence-corrected chi connectivity index (χ2v) is 3.90. The van der Waals surface area contributed by atoms with Crippen LogP contribution in [-0.4, -0.2) is 43.3 Å². The summed E-state index contributed by atoms with van der Waals surface area (Å²) in [4.78, 5) is 21.5. The van der Waals surface area contributed by atoms with Gasteiger partial charge in [-0.3, -0.25) is 4.79 Å². The first kappa shape index (κ1) is 15.0. The number of carbonyl (C=O) groups excluding carboxylic acids is 1. The van der Waals surface area contributed by atoms with Gasteiger partial charge in [0.25, 0.3) is 5.91 Å². The van der Waals surface area contributed by atoms with Crippen LogP contribution >= 0.6 is 0 Å². The van der Waals surface area contributed by atoms with E-state index in [0.717, 1.165) is 5.56 Å². The smallest absolute Gasteiger partial charge is 0.329 e. The van der Waals surface area contributed by atoms with Crippen LogP contribution in [0.15, 0.2) is 24.3 Å². The summed E-state index contributed by atoms with van der Waals surface area (Å²) < 4.78 is 10.1. The third kappa shape index (κ3) is 7.05. The third-order valence-electron chi connectivity index (χ3n) is 2.15. The molecule has 2 N–H and O–H groups in total. The summed E-state index contributed by atoms with van der Waals surface area (Å²) in [5.74, 6) is -0.674. The largest absolute Gasteiger partial charge is 0.484 e. The zero-order valence-corrected chi connectivity index (χ0v) is 10.7. The SMILES string of the molecule is Cc1cccc(OCC(=O)NCCOCC(=O)O)c1. The van der Waals surface area contributed by atoms with Crippen molar-refractivity contribution in [1.82, 2.24) is 5.32 Å². The average Bonchev–Trinajstić information content (AvgIpc) is 2.35. The van der Waals surface area contributed by atoms with Crippen LogP contribution in [-0.2, 0) is 14.3 Å². The number of hydrogen-bond donors (Lipinski definition) is 2. The first-order chi connectivity index (χ1) is 9.08. The first-order valence-electron chi connectivity index (χ1n) is 5.83. The van der Waals surface area contributed by atoms with E-state index >= 15 is 0 Å². The molecule has 6 heteroatoms. The lowest BCUT2D eigenvalue weighted by atomic mass is 10.2. The summed E-state index contributed by atoms with van der Waals surface area (Å²) in [5.41, 5.74) is 1.06. The maximum atomic E-state index is 11.4. The Morgan fingerprint density at radius 1 is 1.32 bits per heavy atom. The predicted octanol–water partition coefficient (Wildman–Crippen LogP) is 0.591. The van der Waals surface area contributed by atoms with Gasteiger partial charge in [0.15, 0.2) is 6.61 Å². The van der Waals surface area contributed by atoms with Gasteiger partial charge in [-0.25, -0.2) is 4.79 Å². The molecule has 1 aromatic rings. The highest BCUT2D eigenvalue weighted by Crippen LogP contribution is 2.11. The molecule has 0 spiro atoms. The van der Waals surface area contributed by atoms with E-state index in [-0.39, 0.29) is 32.3 Å². The number of aryl methyl sites for hydroxylation is 1. The number of amides is 1. The van der Waals surface area contributed by atoms with Crippen molar-refractivity contribution in [1.29, 1.82) is 0 Å². The Balaban J connectivity index is 2.13. The number of benzene rings is 1. The highest BCUT2D eigenvalue weighted by atomic mass is 16.5. The lowest BCUT2D eigenvalue weighted by molar-refractivity contribution is -0.142. The molecule has 0 unspecified atom stereocenters. The van der Waals surface area contributed by atoms with Gasteiger partial charge in [0.05, 0.1) is 6.61 Å². The van der Waals surface area contributed by atoms with E-state index in [2.05, 4.69) is 5.32 Å². The minimum atomic E-state index is -1.03. The molecule has 1 rings (SSSR count). The summed E-state index contributed by atoms with van der Waals surface area (Å²) in [6, 6.07) is 7.40. The quantitative estimate of drug-likeness (QED) is 0.673. The predicted molar refractivity (Wildman–Crippen MR) is 68.1 cm³/mol. The van der Waals surface area contributed by atoms with E-state index in [1.807, 2.05) is 25.1 Å². The molecule has 0 bridgehead atoms. The van der Waals surface area contributed by atoms with Crippen molar-refractivity contribution in [2.24, 2.45) is 0 Å². The molecule has 104 valence electrons. The Kier molecular flexibility index (Phi) is 6.38. The van der Waals surface area contributed by atoms with Crippen molar-refractivity contribution in [3.63, 3.8) is 0 Å². The average molecular weight is 267 g/mol. The van der Waals surface area contributed by atoms with Crippen LogP contribution in [0.2, 0.25) is 0 Å². The Morgan fingerprint density at radius 3 is 2.79 bits per heavy atom. The Hall–Kier alpha value is -2.08. The monoisotopic (exact) mass is 267 g/mol. The standard InChI is InChI=1S/C13H17NO5/c1-10-3-2-4-11(7-10)19-8-12(15)14-5-6-18-9-13(16)17/h2-4,7H,5-6,8-9H2,1H3,(H,14,15)(H,16,17). The number of hydrogen-bond acceptors (Lipinski definition) is 4. The van der Waals surface area contributed by atoms with Crippen molar-refractivity contribution < 1.29 is 24.2 Å². The molecule has 0 aliphatic carbocycles. The number of carboxylic acids is 1. The van der Waals surface area contributed by atoms with Gasteiger partial charge in [-0.1, -0.05) is 12.1 Å². The number of carbonyl (C=O) groups is 2. The van der Waals surface area contributed by atoms with Gasteiger partial charge in [0, 0.05) is 6.54 Å². The van der Waals surface area contributed by atoms with E-state index in [4.69, 9.17) is 14.6 Å². The lowest BCUT2D eigenvalue weighted by Crippen LogP contribution is -2.32. The van der Waals surface area contributed by atoms with E-state index < -0.39 is 5.97 Å². The highest BCUT2D eigenvalue weighted by Gasteiger charge is 2.02. The van der Waals surface area contributed by atoms with E-state index in [9.17, 15) is 9.59 Å². The fourth-order valence-corrected chi connectivity index (χ4v) is 1.33. The van der Waals surface area contributed by atoms with Crippen LogP contribution < -0.4 is 10.1 Å². The maximum Gasteiger partial charge on any atom is 0.329 e. The van der Waals surface area contributed by atoms with E-state index in [0.29, 0.717) is 5.75 Å². The minimum absolute atomic E-state index is 0.0810. The topological polar surface area (TPSA) is 84.9 Å². The molecule has 6 nitrogen and oxygen atoms in total. The minimum Gasteiger partial charge on any atom is -0.484 e. The Morgan fingerprint density at radius 2 is 2.11 bits per heavy atom. The first-order valence-corrected chi connectivity index (χ1v) is 5.83. The van der Waals surface area contributed by atoms with Gasteiger partial charge >= 0.3 is 5.97 Å². The van der Waals surface area contributed by atoms with E-state index in [1.54, 1.807) is 6.07 Å². The van der Waals surface area contributed by atoms with E-state index in [1.165, 1.54) is 0 Å². The summed E-state index contributed by atoms with van der Waals surface area (Å²) in [5, 5.41) is 10.9. The van der Waals surface area contributed by atoms with Gasteiger partial charge in [-0.15, -0.1) is 0 Å². The molecule has 0 saturated carbocycles. The molecule has 0 atom stereocenters. The van der Waals surface area contributed by atoms with Crippen LogP contribution in [0.1, 0.15) is 5.56 Å². The highest BCUT2D eigenvalue weighted by molar-refractivity contribution is 5.77. The molecule has 0 saturated heterocycles. The number of carboxylic acid groups (broad SMARTS) is 1. The molecule has 0 radical (unpaired) electrons. The molecule has 19 heavy (non-hydrogen) atoms. The number of nitrogens with one attached hydrogen (secondary N) is 1. The molecule has 0 fully saturated rings. The molecule has 1 amide bonds. The van der Waals surface area contributed by atoms with Crippen LogP contribution in [0.3, 0.4) is 0 Å². The van der Waals surface area contributed by atoms with Crippen LogP contribution in [0, 0.1) is 6.92 Å². The third-order valence-corrected chi connectivity index (χ3v) is 2.15. The zero-order valence-electron chi connectivity index (χ0n) is 10.7. The maximum absolute atomic E-state index is 11.4. The molecular weight excluding hydrogens is 250 g/mol. The van der Waals surface area contributed by atoms with Crippen LogP contribution in [0.25, 0.3) is 0 Å². The molecule has 0 aliphatic heterocycles. The summed E-state index contributed by atoms with van der Waals surface area (Å²) in [6.45, 7) is 1.90. The van der Waals surface area contributed by atoms with Gasteiger partial charge < -0.3 is 19.9 Å². The fraction of sp³-hybridized carbons (Fsp3) is 0.385. The normalized spacial score (nSPS) is 9.95. The zero-order chi connectivity index (χ0) is 14.1. The van der Waals surface area contributed by atoms with Gasteiger partial charge in [0.1, 0.15) is 12.4 Å². The van der Waals surface area contributed by atoms with Gasteiger partial charge in [0.2, 0.25) is 0 Å². The number of aliphatic carboxylic acids is 1. The van der Waals surface area contributed by atoms with Gasteiger partial charge in [-0.2, -0.15) is 0 Å². The summed E-state index contributed by atoms with van der Waals surface area (Å²) in [7, 11) is 0.